The second kappa shape index (κ2) is 11.0. The lowest BCUT2D eigenvalue weighted by Gasteiger charge is -2.06. The molecule has 2 amide bonds. The Labute approximate surface area is 186 Å². The van der Waals surface area contributed by atoms with Crippen LogP contribution in [0.1, 0.15) is 35.7 Å². The molecule has 1 heterocycles. The molecule has 0 aliphatic carbocycles. The molecule has 31 heavy (non-hydrogen) atoms. The van der Waals surface area contributed by atoms with E-state index < -0.39 is 23.1 Å². The van der Waals surface area contributed by atoms with Gasteiger partial charge in [0.25, 0.3) is 5.91 Å². The standard InChI is InChI=1S/C21H20F2N4O2S2/c1-2-3-5-13-8-10-14(11-9-13)24-17(28)12-30-21-27-26-20(31-21)25-19(29)18-15(22)6-4-7-16(18)23/h4,6-11H,2-3,5,12H2,1H3,(H,24,28)(H,25,26,29). The van der Waals surface area contributed by atoms with Crippen molar-refractivity contribution in [3.05, 3.63) is 65.2 Å². The number of benzene rings is 2. The van der Waals surface area contributed by atoms with Gasteiger partial charge in [0.1, 0.15) is 17.2 Å². The third-order valence-electron chi connectivity index (χ3n) is 4.20. The van der Waals surface area contributed by atoms with Gasteiger partial charge in [-0.3, -0.25) is 14.9 Å². The van der Waals surface area contributed by atoms with Crippen LogP contribution < -0.4 is 10.6 Å². The highest BCUT2D eigenvalue weighted by molar-refractivity contribution is 8.01. The molecule has 162 valence electrons. The van der Waals surface area contributed by atoms with Gasteiger partial charge in [0, 0.05) is 5.69 Å². The highest BCUT2D eigenvalue weighted by atomic mass is 32.2. The maximum atomic E-state index is 13.7. The van der Waals surface area contributed by atoms with Gasteiger partial charge in [-0.2, -0.15) is 0 Å². The second-order valence-corrected chi connectivity index (χ2v) is 8.76. The lowest BCUT2D eigenvalue weighted by Crippen LogP contribution is -2.15. The van der Waals surface area contributed by atoms with E-state index in [2.05, 4.69) is 27.8 Å². The van der Waals surface area contributed by atoms with Crippen LogP contribution in [0.5, 0.6) is 0 Å². The summed E-state index contributed by atoms with van der Waals surface area (Å²) in [6.07, 6.45) is 3.27. The van der Waals surface area contributed by atoms with Crippen molar-refractivity contribution in [2.24, 2.45) is 0 Å². The van der Waals surface area contributed by atoms with Crippen molar-refractivity contribution < 1.29 is 18.4 Å². The van der Waals surface area contributed by atoms with Crippen molar-refractivity contribution in [2.75, 3.05) is 16.4 Å². The summed E-state index contributed by atoms with van der Waals surface area (Å²) in [6, 6.07) is 10.9. The van der Waals surface area contributed by atoms with Crippen molar-refractivity contribution in [1.29, 1.82) is 0 Å². The lowest BCUT2D eigenvalue weighted by molar-refractivity contribution is -0.113. The molecule has 0 saturated heterocycles. The summed E-state index contributed by atoms with van der Waals surface area (Å²) in [5.74, 6) is -3.00. The number of nitrogens with zero attached hydrogens (tertiary/aromatic N) is 2. The van der Waals surface area contributed by atoms with Gasteiger partial charge in [-0.25, -0.2) is 8.78 Å². The zero-order valence-electron chi connectivity index (χ0n) is 16.7. The van der Waals surface area contributed by atoms with E-state index in [1.807, 2.05) is 24.3 Å². The van der Waals surface area contributed by atoms with Crippen LogP contribution in [-0.2, 0) is 11.2 Å². The van der Waals surface area contributed by atoms with Crippen LogP contribution in [0.15, 0.2) is 46.8 Å². The molecule has 2 aromatic carbocycles. The minimum atomic E-state index is -0.966. The number of carbonyl (C=O) groups is 2. The molecule has 0 radical (unpaired) electrons. The van der Waals surface area contributed by atoms with Crippen molar-refractivity contribution in [3.8, 4) is 0 Å². The molecule has 0 fully saturated rings. The number of hydrogen-bond acceptors (Lipinski definition) is 6. The van der Waals surface area contributed by atoms with E-state index >= 15 is 0 Å². The van der Waals surface area contributed by atoms with Gasteiger partial charge in [0.05, 0.1) is 5.75 Å². The topological polar surface area (TPSA) is 84.0 Å². The highest BCUT2D eigenvalue weighted by Gasteiger charge is 2.19. The number of nitrogens with one attached hydrogen (secondary N) is 2. The van der Waals surface area contributed by atoms with Gasteiger partial charge in [-0.15, -0.1) is 10.2 Å². The molecule has 3 rings (SSSR count). The smallest absolute Gasteiger partial charge is 0.263 e. The van der Waals surface area contributed by atoms with E-state index in [1.54, 1.807) is 0 Å². The molecule has 6 nitrogen and oxygen atoms in total. The minimum Gasteiger partial charge on any atom is -0.325 e. The number of amides is 2. The molecule has 10 heteroatoms. The van der Waals surface area contributed by atoms with Crippen molar-refractivity contribution >= 4 is 45.7 Å². The molecule has 0 aliphatic heterocycles. The van der Waals surface area contributed by atoms with Crippen LogP contribution in [0.2, 0.25) is 0 Å². The van der Waals surface area contributed by atoms with Crippen LogP contribution in [0.25, 0.3) is 0 Å². The van der Waals surface area contributed by atoms with E-state index in [-0.39, 0.29) is 16.8 Å². The fraction of sp³-hybridized carbons (Fsp3) is 0.238. The molecule has 3 aromatic rings. The molecule has 0 bridgehead atoms. The Balaban J connectivity index is 1.49. The predicted molar refractivity (Wildman–Crippen MR) is 119 cm³/mol. The lowest BCUT2D eigenvalue weighted by atomic mass is 10.1. The average Bonchev–Trinajstić information content (AvgIpc) is 3.19. The fourth-order valence-corrected chi connectivity index (χ4v) is 4.20. The summed E-state index contributed by atoms with van der Waals surface area (Å²) in [7, 11) is 0. The molecule has 0 saturated carbocycles. The first-order valence-electron chi connectivity index (χ1n) is 9.56. The summed E-state index contributed by atoms with van der Waals surface area (Å²) in [5.41, 5.74) is 1.25. The summed E-state index contributed by atoms with van der Waals surface area (Å²) in [5, 5.41) is 12.9. The third kappa shape index (κ3) is 6.56. The van der Waals surface area contributed by atoms with Gasteiger partial charge < -0.3 is 5.32 Å². The van der Waals surface area contributed by atoms with Gasteiger partial charge in [0.2, 0.25) is 11.0 Å². The quantitative estimate of drug-likeness (QED) is 0.340. The molecule has 0 atom stereocenters. The van der Waals surface area contributed by atoms with Crippen molar-refractivity contribution in [1.82, 2.24) is 10.2 Å². The number of anilines is 2. The van der Waals surface area contributed by atoms with Crippen LogP contribution in [0, 0.1) is 11.6 Å². The Kier molecular flexibility index (Phi) is 8.07. The Bertz CT molecular complexity index is 1040. The normalized spacial score (nSPS) is 10.7. The zero-order valence-corrected chi connectivity index (χ0v) is 18.3. The largest absolute Gasteiger partial charge is 0.325 e. The fourth-order valence-electron chi connectivity index (χ4n) is 2.65. The van der Waals surface area contributed by atoms with Gasteiger partial charge in [-0.1, -0.05) is 54.6 Å². The summed E-state index contributed by atoms with van der Waals surface area (Å²) < 4.78 is 27.8. The molecule has 2 N–H and O–H groups in total. The van der Waals surface area contributed by atoms with Gasteiger partial charge in [0.15, 0.2) is 4.34 Å². The van der Waals surface area contributed by atoms with E-state index in [9.17, 15) is 18.4 Å². The maximum absolute atomic E-state index is 13.7. The molecule has 1 aromatic heterocycles. The minimum absolute atomic E-state index is 0.0817. The molecule has 0 spiro atoms. The first-order chi connectivity index (χ1) is 15.0. The number of aryl methyl sites for hydroxylation is 1. The molecular weight excluding hydrogens is 442 g/mol. The second-order valence-electron chi connectivity index (χ2n) is 6.56. The zero-order chi connectivity index (χ0) is 22.2. The molecule has 0 unspecified atom stereocenters. The monoisotopic (exact) mass is 462 g/mol. The third-order valence-corrected chi connectivity index (χ3v) is 6.17. The summed E-state index contributed by atoms with van der Waals surface area (Å²) >= 11 is 2.15. The van der Waals surface area contributed by atoms with E-state index in [1.165, 1.54) is 11.6 Å². The Hall–Kier alpha value is -2.85. The molecular formula is C21H20F2N4O2S2. The first kappa shape index (κ1) is 22.8. The summed E-state index contributed by atoms with van der Waals surface area (Å²) in [6.45, 7) is 2.14. The SMILES string of the molecule is CCCCc1ccc(NC(=O)CSc2nnc(NC(=O)c3c(F)cccc3F)s2)cc1. The number of carbonyl (C=O) groups excluding carboxylic acids is 2. The Morgan fingerprint density at radius 3 is 2.42 bits per heavy atom. The Morgan fingerprint density at radius 1 is 1.03 bits per heavy atom. The highest BCUT2D eigenvalue weighted by Crippen LogP contribution is 2.26. The van der Waals surface area contributed by atoms with Crippen molar-refractivity contribution in [3.63, 3.8) is 0 Å². The van der Waals surface area contributed by atoms with E-state index in [4.69, 9.17) is 0 Å². The number of rotatable bonds is 9. The first-order valence-corrected chi connectivity index (χ1v) is 11.4. The van der Waals surface area contributed by atoms with Crippen LogP contribution in [0.4, 0.5) is 19.6 Å². The summed E-state index contributed by atoms with van der Waals surface area (Å²) in [4.78, 5) is 24.3. The predicted octanol–water partition coefficient (Wildman–Crippen LogP) is 5.14. The Morgan fingerprint density at radius 2 is 1.74 bits per heavy atom. The number of thioether (sulfide) groups is 1. The number of aromatic nitrogens is 2. The maximum Gasteiger partial charge on any atom is 0.263 e. The number of halogens is 2. The molecule has 0 aliphatic rings. The van der Waals surface area contributed by atoms with Crippen LogP contribution >= 0.6 is 23.1 Å². The van der Waals surface area contributed by atoms with Crippen LogP contribution in [-0.4, -0.2) is 27.8 Å². The van der Waals surface area contributed by atoms with Gasteiger partial charge in [-0.05, 0) is 42.7 Å². The van der Waals surface area contributed by atoms with E-state index in [0.29, 0.717) is 10.0 Å². The average molecular weight is 463 g/mol. The van der Waals surface area contributed by atoms with Crippen molar-refractivity contribution in [2.45, 2.75) is 30.5 Å². The van der Waals surface area contributed by atoms with Gasteiger partial charge >= 0.3 is 0 Å². The van der Waals surface area contributed by atoms with Crippen LogP contribution in [0.3, 0.4) is 0 Å². The number of hydrogen-bond donors (Lipinski definition) is 2. The number of unbranched alkanes of at least 4 members (excludes halogenated alkanes) is 1. The van der Waals surface area contributed by atoms with E-state index in [0.717, 1.165) is 54.5 Å².